The van der Waals surface area contributed by atoms with Crippen molar-refractivity contribution in [3.05, 3.63) is 63.9 Å². The summed E-state index contributed by atoms with van der Waals surface area (Å²) < 4.78 is 0. The minimum Gasteiger partial charge on any atom is -0.322 e. The van der Waals surface area contributed by atoms with Gasteiger partial charge >= 0.3 is 0 Å². The van der Waals surface area contributed by atoms with Crippen LogP contribution in [0.3, 0.4) is 0 Å². The van der Waals surface area contributed by atoms with Gasteiger partial charge in [-0.25, -0.2) is 0 Å². The molecule has 18 heavy (non-hydrogen) atoms. The number of rotatable bonds is 3. The molecule has 1 heterocycles. The zero-order valence-electron chi connectivity index (χ0n) is 10.7. The molecular formula is C15H17ClN2. The molecular weight excluding hydrogens is 244 g/mol. The Labute approximate surface area is 113 Å². The molecule has 0 aliphatic heterocycles. The first kappa shape index (κ1) is 13.1. The third-order valence-corrected chi connectivity index (χ3v) is 3.32. The summed E-state index contributed by atoms with van der Waals surface area (Å²) in [7, 11) is 0. The Kier molecular flexibility index (Phi) is 4.00. The molecule has 1 aromatic carbocycles. The quantitative estimate of drug-likeness (QED) is 0.916. The summed E-state index contributed by atoms with van der Waals surface area (Å²) in [6.07, 6.45) is 2.50. The van der Waals surface area contributed by atoms with E-state index < -0.39 is 0 Å². The van der Waals surface area contributed by atoms with Gasteiger partial charge in [0, 0.05) is 11.2 Å². The zero-order valence-corrected chi connectivity index (χ0v) is 11.4. The van der Waals surface area contributed by atoms with E-state index in [0.717, 1.165) is 21.8 Å². The van der Waals surface area contributed by atoms with Gasteiger partial charge in [0.1, 0.15) is 0 Å². The van der Waals surface area contributed by atoms with Crippen molar-refractivity contribution in [3.8, 4) is 0 Å². The lowest BCUT2D eigenvalue weighted by molar-refractivity contribution is 0.695. The fourth-order valence-electron chi connectivity index (χ4n) is 1.92. The van der Waals surface area contributed by atoms with Gasteiger partial charge in [-0.15, -0.1) is 0 Å². The maximum Gasteiger partial charge on any atom is 0.0577 e. The normalized spacial score (nSPS) is 12.4. The molecule has 1 aromatic heterocycles. The lowest BCUT2D eigenvalue weighted by atomic mass is 10.0. The van der Waals surface area contributed by atoms with E-state index in [0.29, 0.717) is 6.42 Å². The second kappa shape index (κ2) is 5.51. The Hall–Kier alpha value is -1.38. The van der Waals surface area contributed by atoms with Crippen molar-refractivity contribution in [1.82, 2.24) is 4.98 Å². The minimum atomic E-state index is -0.120. The Morgan fingerprint density at radius 3 is 2.56 bits per heavy atom. The van der Waals surface area contributed by atoms with Crippen molar-refractivity contribution in [1.29, 1.82) is 0 Å². The molecule has 0 amide bonds. The van der Waals surface area contributed by atoms with Crippen molar-refractivity contribution in [2.75, 3.05) is 0 Å². The molecule has 1 unspecified atom stereocenters. The second-order valence-electron chi connectivity index (χ2n) is 4.66. The second-order valence-corrected chi connectivity index (χ2v) is 5.07. The van der Waals surface area contributed by atoms with Gasteiger partial charge < -0.3 is 5.73 Å². The molecule has 0 fully saturated rings. The molecule has 1 atom stereocenters. The first-order valence-corrected chi connectivity index (χ1v) is 6.37. The minimum absolute atomic E-state index is 0.120. The van der Waals surface area contributed by atoms with Crippen LogP contribution >= 0.6 is 11.6 Å². The maximum atomic E-state index is 6.22. The van der Waals surface area contributed by atoms with E-state index in [1.807, 2.05) is 38.1 Å². The Morgan fingerprint density at radius 2 is 1.89 bits per heavy atom. The smallest absolute Gasteiger partial charge is 0.0577 e. The molecule has 0 spiro atoms. The fourth-order valence-corrected chi connectivity index (χ4v) is 2.23. The van der Waals surface area contributed by atoms with Crippen LogP contribution in [0.15, 0.2) is 36.5 Å². The molecule has 2 N–H and O–H groups in total. The van der Waals surface area contributed by atoms with Crippen LogP contribution in [-0.2, 0) is 6.42 Å². The summed E-state index contributed by atoms with van der Waals surface area (Å²) in [6.45, 7) is 4.06. The molecule has 2 nitrogen and oxygen atoms in total. The van der Waals surface area contributed by atoms with Crippen LogP contribution < -0.4 is 5.73 Å². The maximum absolute atomic E-state index is 6.22. The van der Waals surface area contributed by atoms with E-state index in [1.165, 1.54) is 5.56 Å². The SMILES string of the molecule is Cc1ccnc(C(N)Cc2ccc(C)cc2Cl)c1. The third-order valence-electron chi connectivity index (χ3n) is 2.96. The topological polar surface area (TPSA) is 38.9 Å². The largest absolute Gasteiger partial charge is 0.322 e. The third kappa shape index (κ3) is 3.09. The number of hydrogen-bond acceptors (Lipinski definition) is 2. The van der Waals surface area contributed by atoms with Crippen LogP contribution in [0, 0.1) is 13.8 Å². The highest BCUT2D eigenvalue weighted by Gasteiger charge is 2.11. The van der Waals surface area contributed by atoms with Crippen LogP contribution in [-0.4, -0.2) is 4.98 Å². The number of nitrogens with zero attached hydrogens (tertiary/aromatic N) is 1. The lowest BCUT2D eigenvalue weighted by Gasteiger charge is -2.13. The molecule has 0 saturated heterocycles. The first-order chi connectivity index (χ1) is 8.56. The molecule has 0 bridgehead atoms. The molecule has 0 aliphatic rings. The van der Waals surface area contributed by atoms with Crippen molar-refractivity contribution in [3.63, 3.8) is 0 Å². The first-order valence-electron chi connectivity index (χ1n) is 5.99. The summed E-state index contributed by atoms with van der Waals surface area (Å²) in [6, 6.07) is 9.92. The van der Waals surface area contributed by atoms with Gasteiger partial charge in [0.2, 0.25) is 0 Å². The van der Waals surface area contributed by atoms with Gasteiger partial charge in [0.05, 0.1) is 11.7 Å². The van der Waals surface area contributed by atoms with E-state index in [2.05, 4.69) is 11.1 Å². The number of pyridine rings is 1. The molecule has 2 aromatic rings. The van der Waals surface area contributed by atoms with Crippen LogP contribution in [0.5, 0.6) is 0 Å². The lowest BCUT2D eigenvalue weighted by Crippen LogP contribution is -2.15. The Morgan fingerprint density at radius 1 is 1.17 bits per heavy atom. The molecule has 0 saturated carbocycles. The summed E-state index contributed by atoms with van der Waals surface area (Å²) in [5.74, 6) is 0. The van der Waals surface area contributed by atoms with Crippen LogP contribution in [0.2, 0.25) is 5.02 Å². The van der Waals surface area contributed by atoms with Gasteiger partial charge in [0.15, 0.2) is 0 Å². The van der Waals surface area contributed by atoms with Gasteiger partial charge in [-0.2, -0.15) is 0 Å². The van der Waals surface area contributed by atoms with E-state index in [-0.39, 0.29) is 6.04 Å². The Balaban J connectivity index is 2.18. The summed E-state index contributed by atoms with van der Waals surface area (Å²) in [4.78, 5) is 4.31. The number of aryl methyl sites for hydroxylation is 2. The number of benzene rings is 1. The number of nitrogens with two attached hydrogens (primary N) is 1. The van der Waals surface area contributed by atoms with Crippen LogP contribution in [0.25, 0.3) is 0 Å². The average molecular weight is 261 g/mol. The predicted molar refractivity (Wildman–Crippen MR) is 75.8 cm³/mol. The van der Waals surface area contributed by atoms with Gasteiger partial charge in [-0.05, 0) is 55.2 Å². The molecule has 2 rings (SSSR count). The van der Waals surface area contributed by atoms with Gasteiger partial charge in [0.25, 0.3) is 0 Å². The van der Waals surface area contributed by atoms with E-state index in [9.17, 15) is 0 Å². The molecule has 0 radical (unpaired) electrons. The highest BCUT2D eigenvalue weighted by Crippen LogP contribution is 2.22. The predicted octanol–water partition coefficient (Wildman–Crippen LogP) is 3.59. The number of hydrogen-bond donors (Lipinski definition) is 1. The summed E-state index contributed by atoms with van der Waals surface area (Å²) >= 11 is 6.22. The van der Waals surface area contributed by atoms with Crippen LogP contribution in [0.4, 0.5) is 0 Å². The van der Waals surface area contributed by atoms with Crippen molar-refractivity contribution in [2.45, 2.75) is 26.3 Å². The summed E-state index contributed by atoms with van der Waals surface area (Å²) in [5.41, 5.74) is 10.5. The van der Waals surface area contributed by atoms with E-state index >= 15 is 0 Å². The fraction of sp³-hybridized carbons (Fsp3) is 0.267. The molecule has 94 valence electrons. The van der Waals surface area contributed by atoms with Gasteiger partial charge in [-0.1, -0.05) is 23.7 Å². The average Bonchev–Trinajstić information content (AvgIpc) is 2.32. The number of aromatic nitrogens is 1. The molecule has 3 heteroatoms. The van der Waals surface area contributed by atoms with Crippen molar-refractivity contribution < 1.29 is 0 Å². The summed E-state index contributed by atoms with van der Waals surface area (Å²) in [5, 5.41) is 0.776. The van der Waals surface area contributed by atoms with Crippen molar-refractivity contribution in [2.24, 2.45) is 5.73 Å². The van der Waals surface area contributed by atoms with Crippen molar-refractivity contribution >= 4 is 11.6 Å². The Bertz CT molecular complexity index is 552. The van der Waals surface area contributed by atoms with Crippen LogP contribution in [0.1, 0.15) is 28.4 Å². The van der Waals surface area contributed by atoms with E-state index in [1.54, 1.807) is 6.20 Å². The highest BCUT2D eigenvalue weighted by molar-refractivity contribution is 6.31. The monoisotopic (exact) mass is 260 g/mol. The standard InChI is InChI=1S/C15H17ClN2/c1-10-3-4-12(13(16)7-10)9-14(17)15-8-11(2)5-6-18-15/h3-8,14H,9,17H2,1-2H3. The van der Waals surface area contributed by atoms with Gasteiger partial charge in [-0.3, -0.25) is 4.98 Å². The number of halogens is 1. The van der Waals surface area contributed by atoms with E-state index in [4.69, 9.17) is 17.3 Å². The highest BCUT2D eigenvalue weighted by atomic mass is 35.5. The zero-order chi connectivity index (χ0) is 13.1. The molecule has 0 aliphatic carbocycles.